The van der Waals surface area contributed by atoms with Gasteiger partial charge in [-0.15, -0.1) is 0 Å². The molecule has 25 heavy (non-hydrogen) atoms. The van der Waals surface area contributed by atoms with Crippen LogP contribution in [0.15, 0.2) is 41.0 Å². The van der Waals surface area contributed by atoms with Gasteiger partial charge in [0.2, 0.25) is 0 Å². The van der Waals surface area contributed by atoms with Crippen molar-refractivity contribution in [2.75, 3.05) is 44.2 Å². The third-order valence-corrected chi connectivity index (χ3v) is 4.23. The van der Waals surface area contributed by atoms with Crippen LogP contribution < -0.4 is 4.90 Å². The summed E-state index contributed by atoms with van der Waals surface area (Å²) in [5.41, 5.74) is 0.420. The van der Waals surface area contributed by atoms with Gasteiger partial charge in [0, 0.05) is 38.8 Å². The van der Waals surface area contributed by atoms with E-state index in [0.29, 0.717) is 45.0 Å². The van der Waals surface area contributed by atoms with Crippen LogP contribution in [0, 0.1) is 11.6 Å². The zero-order valence-corrected chi connectivity index (χ0v) is 13.9. The van der Waals surface area contributed by atoms with Gasteiger partial charge in [0.25, 0.3) is 0 Å². The minimum atomic E-state index is -0.593. The third-order valence-electron chi connectivity index (χ3n) is 4.23. The zero-order valence-electron chi connectivity index (χ0n) is 13.9. The highest BCUT2D eigenvalue weighted by Crippen LogP contribution is 2.21. The molecule has 1 N–H and O–H groups in total. The van der Waals surface area contributed by atoms with Gasteiger partial charge in [0.1, 0.15) is 24.0 Å². The molecule has 7 heteroatoms. The number of hydrogen-bond donors (Lipinski definition) is 1. The second-order valence-electron chi connectivity index (χ2n) is 6.13. The minimum Gasteiger partial charge on any atom is -0.467 e. The van der Waals surface area contributed by atoms with E-state index in [1.165, 1.54) is 12.1 Å². The van der Waals surface area contributed by atoms with Crippen LogP contribution in [-0.4, -0.2) is 55.4 Å². The predicted molar refractivity (Wildman–Crippen MR) is 89.4 cm³/mol. The van der Waals surface area contributed by atoms with Crippen molar-refractivity contribution >= 4 is 5.69 Å². The van der Waals surface area contributed by atoms with Gasteiger partial charge in [-0.2, -0.15) is 0 Å². The lowest BCUT2D eigenvalue weighted by molar-refractivity contribution is 0.00440. The maximum absolute atomic E-state index is 13.8. The number of rotatable bonds is 7. The molecule has 1 aliphatic heterocycles. The molecule has 1 unspecified atom stereocenters. The van der Waals surface area contributed by atoms with Gasteiger partial charge in [0.05, 0.1) is 24.7 Å². The van der Waals surface area contributed by atoms with Crippen molar-refractivity contribution in [1.82, 2.24) is 4.90 Å². The van der Waals surface area contributed by atoms with E-state index < -0.39 is 17.7 Å². The molecular weight excluding hydrogens is 330 g/mol. The number of aliphatic hydroxyl groups excluding tert-OH is 1. The highest BCUT2D eigenvalue weighted by molar-refractivity contribution is 5.48. The van der Waals surface area contributed by atoms with Gasteiger partial charge in [-0.1, -0.05) is 0 Å². The van der Waals surface area contributed by atoms with Gasteiger partial charge in [-0.25, -0.2) is 8.78 Å². The number of nitrogens with zero attached hydrogens (tertiary/aromatic N) is 2. The maximum Gasteiger partial charge on any atom is 0.149 e. The van der Waals surface area contributed by atoms with E-state index in [0.717, 1.165) is 11.8 Å². The predicted octanol–water partition coefficient (Wildman–Crippen LogP) is 2.26. The number of piperazine rings is 1. The van der Waals surface area contributed by atoms with E-state index in [9.17, 15) is 13.9 Å². The Hall–Kier alpha value is -1.96. The fourth-order valence-electron chi connectivity index (χ4n) is 2.95. The third kappa shape index (κ3) is 5.01. The van der Waals surface area contributed by atoms with Crippen LogP contribution in [0.4, 0.5) is 14.5 Å². The molecule has 1 aromatic heterocycles. The number of aliphatic hydroxyl groups is 1. The van der Waals surface area contributed by atoms with Gasteiger partial charge >= 0.3 is 0 Å². The zero-order chi connectivity index (χ0) is 17.6. The lowest BCUT2D eigenvalue weighted by atomic mass is 10.2. The van der Waals surface area contributed by atoms with E-state index in [2.05, 4.69) is 4.90 Å². The Kier molecular flexibility index (Phi) is 6.01. The standard InChI is InChI=1S/C18H22F2N2O3/c19-14-3-4-18(17(20)10-14)22-7-5-21(6-8-22)11-15(23)12-24-13-16-2-1-9-25-16/h1-4,9-10,15,23H,5-8,11-13H2. The Morgan fingerprint density at radius 3 is 2.64 bits per heavy atom. The van der Waals surface area contributed by atoms with E-state index >= 15 is 0 Å². The van der Waals surface area contributed by atoms with Gasteiger partial charge in [-0.05, 0) is 24.3 Å². The molecule has 0 spiro atoms. The highest BCUT2D eigenvalue weighted by atomic mass is 19.1. The quantitative estimate of drug-likeness (QED) is 0.828. The second kappa shape index (κ2) is 8.42. The van der Waals surface area contributed by atoms with Crippen molar-refractivity contribution in [3.63, 3.8) is 0 Å². The Morgan fingerprint density at radius 1 is 1.16 bits per heavy atom. The van der Waals surface area contributed by atoms with Gasteiger partial charge < -0.3 is 19.2 Å². The number of ether oxygens (including phenoxy) is 1. The molecule has 0 saturated carbocycles. The van der Waals surface area contributed by atoms with Crippen molar-refractivity contribution in [3.8, 4) is 0 Å². The summed E-state index contributed by atoms with van der Waals surface area (Å²) < 4.78 is 37.4. The first-order valence-electron chi connectivity index (χ1n) is 8.32. The molecule has 1 aliphatic rings. The first-order chi connectivity index (χ1) is 12.1. The van der Waals surface area contributed by atoms with E-state index in [1.54, 1.807) is 12.3 Å². The summed E-state index contributed by atoms with van der Waals surface area (Å²) in [4.78, 5) is 4.00. The van der Waals surface area contributed by atoms with E-state index in [-0.39, 0.29) is 6.61 Å². The second-order valence-corrected chi connectivity index (χ2v) is 6.13. The Balaban J connectivity index is 1.39. The maximum atomic E-state index is 13.8. The molecule has 1 saturated heterocycles. The normalized spacial score (nSPS) is 17.0. The van der Waals surface area contributed by atoms with Crippen LogP contribution in [0.5, 0.6) is 0 Å². The number of benzene rings is 1. The van der Waals surface area contributed by atoms with E-state index in [4.69, 9.17) is 9.15 Å². The van der Waals surface area contributed by atoms with Crippen molar-refractivity contribution in [3.05, 3.63) is 54.0 Å². The number of anilines is 1. The summed E-state index contributed by atoms with van der Waals surface area (Å²) in [7, 11) is 0. The van der Waals surface area contributed by atoms with Crippen molar-refractivity contribution in [2.45, 2.75) is 12.7 Å². The summed E-state index contributed by atoms with van der Waals surface area (Å²) >= 11 is 0. The molecule has 2 heterocycles. The number of β-amino-alcohol motifs (C(OH)–C–C–N with tert-alkyl or cyclic N) is 1. The molecule has 1 fully saturated rings. The number of hydrogen-bond acceptors (Lipinski definition) is 5. The SMILES string of the molecule is OC(COCc1ccco1)CN1CCN(c2ccc(F)cc2F)CC1. The fraction of sp³-hybridized carbons (Fsp3) is 0.444. The molecular formula is C18H22F2N2O3. The lowest BCUT2D eigenvalue weighted by Gasteiger charge is -2.37. The van der Waals surface area contributed by atoms with Crippen LogP contribution in [-0.2, 0) is 11.3 Å². The molecule has 1 atom stereocenters. The average molecular weight is 352 g/mol. The number of halogens is 2. The summed E-state index contributed by atoms with van der Waals surface area (Å²) in [6, 6.07) is 7.25. The molecule has 2 aromatic rings. The fourth-order valence-corrected chi connectivity index (χ4v) is 2.95. The van der Waals surface area contributed by atoms with Crippen LogP contribution >= 0.6 is 0 Å². The van der Waals surface area contributed by atoms with Crippen LogP contribution in [0.2, 0.25) is 0 Å². The lowest BCUT2D eigenvalue weighted by Crippen LogP contribution is -2.49. The van der Waals surface area contributed by atoms with Crippen molar-refractivity contribution in [2.24, 2.45) is 0 Å². The summed E-state index contributed by atoms with van der Waals surface area (Å²) in [5, 5.41) is 10.1. The molecule has 0 bridgehead atoms. The molecule has 136 valence electrons. The number of furan rings is 1. The first kappa shape index (κ1) is 17.8. The molecule has 0 amide bonds. The monoisotopic (exact) mass is 352 g/mol. The smallest absolute Gasteiger partial charge is 0.149 e. The molecule has 1 aromatic carbocycles. The molecule has 0 radical (unpaired) electrons. The van der Waals surface area contributed by atoms with Crippen molar-refractivity contribution in [1.29, 1.82) is 0 Å². The molecule has 0 aliphatic carbocycles. The van der Waals surface area contributed by atoms with Gasteiger partial charge in [-0.3, -0.25) is 4.90 Å². The van der Waals surface area contributed by atoms with Crippen molar-refractivity contribution < 1.29 is 23.0 Å². The summed E-state index contributed by atoms with van der Waals surface area (Å²) in [5.74, 6) is -0.389. The summed E-state index contributed by atoms with van der Waals surface area (Å²) in [6.07, 6.45) is 0.988. The summed E-state index contributed by atoms with van der Waals surface area (Å²) in [6.45, 7) is 3.72. The molecule has 3 rings (SSSR count). The Bertz CT molecular complexity index is 658. The van der Waals surface area contributed by atoms with Crippen LogP contribution in [0.1, 0.15) is 5.76 Å². The van der Waals surface area contributed by atoms with Gasteiger partial charge in [0.15, 0.2) is 0 Å². The first-order valence-corrected chi connectivity index (χ1v) is 8.32. The Labute approximate surface area is 145 Å². The van der Waals surface area contributed by atoms with Crippen LogP contribution in [0.25, 0.3) is 0 Å². The van der Waals surface area contributed by atoms with Crippen LogP contribution in [0.3, 0.4) is 0 Å². The molecule has 5 nitrogen and oxygen atoms in total. The van der Waals surface area contributed by atoms with E-state index in [1.807, 2.05) is 11.0 Å². The Morgan fingerprint density at radius 2 is 1.96 bits per heavy atom. The topological polar surface area (TPSA) is 49.1 Å². The minimum absolute atomic E-state index is 0.230. The average Bonchev–Trinajstić information content (AvgIpc) is 3.09. The largest absolute Gasteiger partial charge is 0.467 e. The highest BCUT2D eigenvalue weighted by Gasteiger charge is 2.21.